The van der Waals surface area contributed by atoms with Gasteiger partial charge in [0.05, 0.1) is 23.8 Å². The van der Waals surface area contributed by atoms with Gasteiger partial charge in [0.1, 0.15) is 18.0 Å². The smallest absolute Gasteiger partial charge is 0.264 e. The summed E-state index contributed by atoms with van der Waals surface area (Å²) in [6, 6.07) is 21.1. The average Bonchev–Trinajstić information content (AvgIpc) is 2.86. The summed E-state index contributed by atoms with van der Waals surface area (Å²) in [4.78, 5) is 12.9. The Bertz CT molecular complexity index is 1240. The molecule has 0 heterocycles. The Morgan fingerprint density at radius 3 is 2.31 bits per heavy atom. The van der Waals surface area contributed by atoms with Gasteiger partial charge in [-0.1, -0.05) is 35.9 Å². The minimum absolute atomic E-state index is 0.119. The molecule has 0 aliphatic carbocycles. The summed E-state index contributed by atoms with van der Waals surface area (Å²) in [6.45, 7) is 5.94. The normalized spacial score (nSPS) is 11.2. The van der Waals surface area contributed by atoms with Crippen molar-refractivity contribution in [2.75, 3.05) is 24.5 Å². The number of amides is 1. The van der Waals surface area contributed by atoms with E-state index in [1.54, 1.807) is 48.5 Å². The van der Waals surface area contributed by atoms with Crippen LogP contribution in [0.1, 0.15) is 31.4 Å². The molecule has 0 spiro atoms. The van der Waals surface area contributed by atoms with Crippen LogP contribution in [-0.2, 0) is 21.2 Å². The summed E-state index contributed by atoms with van der Waals surface area (Å²) in [6.07, 6.45) is 1.63. The molecule has 0 aliphatic heterocycles. The SMILES string of the molecule is COc1cccc(N(CC(=O)NCCCc2ccc(OC(C)C)cc2)S(=O)(=O)c2ccc(C)cc2)c1. The van der Waals surface area contributed by atoms with Crippen molar-refractivity contribution in [1.29, 1.82) is 0 Å². The van der Waals surface area contributed by atoms with Gasteiger partial charge in [-0.3, -0.25) is 9.10 Å². The number of benzene rings is 3. The molecular formula is C28H34N2O5S. The molecule has 1 amide bonds. The van der Waals surface area contributed by atoms with E-state index in [0.29, 0.717) is 18.0 Å². The number of anilines is 1. The summed E-state index contributed by atoms with van der Waals surface area (Å²) in [5.74, 6) is 0.950. The van der Waals surface area contributed by atoms with E-state index in [4.69, 9.17) is 9.47 Å². The first-order valence-corrected chi connectivity index (χ1v) is 13.4. The second-order valence-corrected chi connectivity index (χ2v) is 10.7. The number of methoxy groups -OCH3 is 1. The number of nitrogens with zero attached hydrogens (tertiary/aromatic N) is 1. The van der Waals surface area contributed by atoms with E-state index >= 15 is 0 Å². The summed E-state index contributed by atoms with van der Waals surface area (Å²) >= 11 is 0. The summed E-state index contributed by atoms with van der Waals surface area (Å²) in [5.41, 5.74) is 2.44. The quantitative estimate of drug-likeness (QED) is 0.356. The number of sulfonamides is 1. The fraction of sp³-hybridized carbons (Fsp3) is 0.321. The van der Waals surface area contributed by atoms with Gasteiger partial charge in [-0.25, -0.2) is 8.42 Å². The Morgan fingerprint density at radius 2 is 1.67 bits per heavy atom. The molecule has 7 nitrogen and oxygen atoms in total. The molecule has 0 aromatic heterocycles. The first kappa shape index (κ1) is 27.1. The van der Waals surface area contributed by atoms with Crippen LogP contribution in [0.4, 0.5) is 5.69 Å². The first-order valence-electron chi connectivity index (χ1n) is 11.9. The number of rotatable bonds is 12. The highest BCUT2D eigenvalue weighted by Gasteiger charge is 2.27. The van der Waals surface area contributed by atoms with Gasteiger partial charge in [0.15, 0.2) is 0 Å². The maximum Gasteiger partial charge on any atom is 0.264 e. The van der Waals surface area contributed by atoms with Gasteiger partial charge in [0.25, 0.3) is 10.0 Å². The standard InChI is InChI=1S/C28H34N2O5S/c1-21(2)35-25-14-12-23(13-15-25)7-6-18-29-28(31)20-30(24-8-5-9-26(19-24)34-4)36(32,33)27-16-10-22(3)11-17-27/h5,8-17,19,21H,6-7,18,20H2,1-4H3,(H,29,31). The molecule has 0 aliphatic rings. The third-order valence-electron chi connectivity index (χ3n) is 5.50. The van der Waals surface area contributed by atoms with E-state index in [1.807, 2.05) is 45.0 Å². The summed E-state index contributed by atoms with van der Waals surface area (Å²) < 4.78 is 39.0. The monoisotopic (exact) mass is 510 g/mol. The van der Waals surface area contributed by atoms with Gasteiger partial charge in [-0.15, -0.1) is 0 Å². The van der Waals surface area contributed by atoms with Crippen molar-refractivity contribution in [1.82, 2.24) is 5.32 Å². The maximum absolute atomic E-state index is 13.5. The first-order chi connectivity index (χ1) is 17.2. The number of hydrogen-bond acceptors (Lipinski definition) is 5. The van der Waals surface area contributed by atoms with Gasteiger partial charge in [0, 0.05) is 12.6 Å². The number of hydrogen-bond donors (Lipinski definition) is 1. The molecule has 8 heteroatoms. The Kier molecular flexibility index (Phi) is 9.36. The Hall–Kier alpha value is -3.52. The molecule has 1 N–H and O–H groups in total. The Balaban J connectivity index is 1.65. The Labute approximate surface area is 214 Å². The molecule has 0 atom stereocenters. The lowest BCUT2D eigenvalue weighted by Gasteiger charge is -2.24. The molecule has 0 radical (unpaired) electrons. The van der Waals surface area contributed by atoms with Gasteiger partial charge in [-0.2, -0.15) is 0 Å². The van der Waals surface area contributed by atoms with Crippen molar-refractivity contribution in [3.8, 4) is 11.5 Å². The molecule has 0 saturated carbocycles. The highest BCUT2D eigenvalue weighted by atomic mass is 32.2. The fourth-order valence-corrected chi connectivity index (χ4v) is 5.04. The molecule has 3 aromatic rings. The van der Waals surface area contributed by atoms with Gasteiger partial charge >= 0.3 is 0 Å². The highest BCUT2D eigenvalue weighted by molar-refractivity contribution is 7.92. The zero-order chi connectivity index (χ0) is 26.1. The number of nitrogens with one attached hydrogen (secondary N) is 1. The topological polar surface area (TPSA) is 84.9 Å². The van der Waals surface area contributed by atoms with E-state index in [0.717, 1.165) is 34.0 Å². The molecule has 0 unspecified atom stereocenters. The molecular weight excluding hydrogens is 476 g/mol. The second kappa shape index (κ2) is 12.4. The van der Waals surface area contributed by atoms with Crippen molar-refractivity contribution in [2.24, 2.45) is 0 Å². The molecule has 0 fully saturated rings. The van der Waals surface area contributed by atoms with Crippen LogP contribution in [0.5, 0.6) is 11.5 Å². The number of aryl methyl sites for hydroxylation is 2. The average molecular weight is 511 g/mol. The van der Waals surface area contributed by atoms with Crippen molar-refractivity contribution in [3.05, 3.63) is 83.9 Å². The predicted molar refractivity (Wildman–Crippen MR) is 142 cm³/mol. The molecule has 0 saturated heterocycles. The summed E-state index contributed by atoms with van der Waals surface area (Å²) in [5, 5.41) is 2.85. The van der Waals surface area contributed by atoms with Crippen molar-refractivity contribution >= 4 is 21.6 Å². The molecule has 3 aromatic carbocycles. The van der Waals surface area contributed by atoms with Crippen LogP contribution in [0.25, 0.3) is 0 Å². The van der Waals surface area contributed by atoms with Crippen molar-refractivity contribution in [2.45, 2.75) is 44.6 Å². The second-order valence-electron chi connectivity index (χ2n) is 8.79. The minimum Gasteiger partial charge on any atom is -0.497 e. The van der Waals surface area contributed by atoms with E-state index in [2.05, 4.69) is 5.32 Å². The molecule has 192 valence electrons. The van der Waals surface area contributed by atoms with Crippen LogP contribution >= 0.6 is 0 Å². The minimum atomic E-state index is -3.97. The van der Waals surface area contributed by atoms with E-state index in [1.165, 1.54) is 7.11 Å². The lowest BCUT2D eigenvalue weighted by Crippen LogP contribution is -2.41. The lowest BCUT2D eigenvalue weighted by molar-refractivity contribution is -0.119. The highest BCUT2D eigenvalue weighted by Crippen LogP contribution is 2.27. The van der Waals surface area contributed by atoms with E-state index < -0.39 is 10.0 Å². The predicted octanol–water partition coefficient (Wildman–Crippen LogP) is 4.74. The molecule has 36 heavy (non-hydrogen) atoms. The maximum atomic E-state index is 13.5. The number of carbonyl (C=O) groups is 1. The van der Waals surface area contributed by atoms with Crippen molar-refractivity contribution < 1.29 is 22.7 Å². The molecule has 3 rings (SSSR count). The molecule has 0 bridgehead atoms. The van der Waals surface area contributed by atoms with Crippen LogP contribution in [0.3, 0.4) is 0 Å². The zero-order valence-corrected chi connectivity index (χ0v) is 22.0. The lowest BCUT2D eigenvalue weighted by atomic mass is 10.1. The van der Waals surface area contributed by atoms with Crippen LogP contribution in [0.2, 0.25) is 0 Å². The largest absolute Gasteiger partial charge is 0.497 e. The summed E-state index contributed by atoms with van der Waals surface area (Å²) in [7, 11) is -2.46. The van der Waals surface area contributed by atoms with E-state index in [-0.39, 0.29) is 23.5 Å². The van der Waals surface area contributed by atoms with Gasteiger partial charge in [0.2, 0.25) is 5.91 Å². The van der Waals surface area contributed by atoms with Gasteiger partial charge in [-0.05, 0) is 75.6 Å². The third kappa shape index (κ3) is 7.49. The van der Waals surface area contributed by atoms with Crippen LogP contribution < -0.4 is 19.1 Å². The van der Waals surface area contributed by atoms with Crippen LogP contribution in [-0.4, -0.2) is 40.6 Å². The van der Waals surface area contributed by atoms with Crippen molar-refractivity contribution in [3.63, 3.8) is 0 Å². The fourth-order valence-electron chi connectivity index (χ4n) is 3.63. The van der Waals surface area contributed by atoms with Gasteiger partial charge < -0.3 is 14.8 Å². The van der Waals surface area contributed by atoms with Crippen LogP contribution in [0.15, 0.2) is 77.7 Å². The Morgan fingerprint density at radius 1 is 0.972 bits per heavy atom. The number of carbonyl (C=O) groups excluding carboxylic acids is 1. The number of ether oxygens (including phenoxy) is 2. The zero-order valence-electron chi connectivity index (χ0n) is 21.2. The van der Waals surface area contributed by atoms with Crippen LogP contribution in [0, 0.1) is 6.92 Å². The third-order valence-corrected chi connectivity index (χ3v) is 7.29. The van der Waals surface area contributed by atoms with E-state index in [9.17, 15) is 13.2 Å².